The van der Waals surface area contributed by atoms with Crippen molar-refractivity contribution in [3.05, 3.63) is 71.1 Å². The zero-order valence-electron chi connectivity index (χ0n) is 12.3. The van der Waals surface area contributed by atoms with Gasteiger partial charge >= 0.3 is 0 Å². The molecule has 20 heavy (non-hydrogen) atoms. The summed E-state index contributed by atoms with van der Waals surface area (Å²) >= 11 is 0. The summed E-state index contributed by atoms with van der Waals surface area (Å²) in [6, 6.07) is 9.03. The smallest absolute Gasteiger partial charge is 0.0309 e. The Hall–Kier alpha value is -1.89. The highest BCUT2D eigenvalue weighted by Crippen LogP contribution is 2.40. The molecule has 0 atom stereocenters. The van der Waals surface area contributed by atoms with Crippen LogP contribution in [0.5, 0.6) is 0 Å². The summed E-state index contributed by atoms with van der Waals surface area (Å²) in [7, 11) is 0. The maximum atomic E-state index is 4.35. The maximum absolute atomic E-state index is 4.35. The van der Waals surface area contributed by atoms with E-state index >= 15 is 0 Å². The summed E-state index contributed by atoms with van der Waals surface area (Å²) < 4.78 is 0. The molecule has 1 heteroatoms. The first kappa shape index (κ1) is 13.1. The third-order valence-electron chi connectivity index (χ3n) is 4.04. The number of pyridine rings is 1. The number of hydrogen-bond acceptors (Lipinski definition) is 1. The molecular formula is C19H21N. The van der Waals surface area contributed by atoms with Crippen molar-refractivity contribution in [2.75, 3.05) is 0 Å². The third kappa shape index (κ3) is 2.67. The molecule has 102 valence electrons. The lowest BCUT2D eigenvalue weighted by atomic mass is 9.94. The minimum Gasteiger partial charge on any atom is -0.264 e. The SMILES string of the molecule is C=C(C)c1c(C)cncc1Cc1cccc(C2CC2)c1. The van der Waals surface area contributed by atoms with E-state index in [-0.39, 0.29) is 0 Å². The molecule has 0 aliphatic heterocycles. The second-order valence-electron chi connectivity index (χ2n) is 5.97. The second-order valence-corrected chi connectivity index (χ2v) is 5.97. The van der Waals surface area contributed by atoms with E-state index in [0.29, 0.717) is 0 Å². The Kier molecular flexibility index (Phi) is 3.43. The van der Waals surface area contributed by atoms with Crippen molar-refractivity contribution < 1.29 is 0 Å². The molecule has 1 saturated carbocycles. The van der Waals surface area contributed by atoms with Gasteiger partial charge in [0.15, 0.2) is 0 Å². The molecule has 1 aliphatic carbocycles. The van der Waals surface area contributed by atoms with Crippen molar-refractivity contribution in [2.24, 2.45) is 0 Å². The van der Waals surface area contributed by atoms with Crippen molar-refractivity contribution in [2.45, 2.75) is 39.0 Å². The fraction of sp³-hybridized carbons (Fsp3) is 0.316. The molecule has 3 rings (SSSR count). The van der Waals surface area contributed by atoms with Gasteiger partial charge in [0.25, 0.3) is 0 Å². The molecule has 1 nitrogen and oxygen atoms in total. The van der Waals surface area contributed by atoms with Gasteiger partial charge in [0.1, 0.15) is 0 Å². The van der Waals surface area contributed by atoms with Crippen LogP contribution in [0.1, 0.15) is 53.5 Å². The molecule has 0 radical (unpaired) electrons. The van der Waals surface area contributed by atoms with E-state index in [1.165, 1.54) is 40.7 Å². The van der Waals surface area contributed by atoms with Crippen LogP contribution in [0.2, 0.25) is 0 Å². The Morgan fingerprint density at radius 1 is 1.30 bits per heavy atom. The molecule has 2 aromatic rings. The van der Waals surface area contributed by atoms with E-state index in [0.717, 1.165) is 17.9 Å². The molecule has 1 heterocycles. The minimum absolute atomic E-state index is 0.811. The predicted octanol–water partition coefficient (Wildman–Crippen LogP) is 4.89. The van der Waals surface area contributed by atoms with Crippen LogP contribution in [-0.4, -0.2) is 4.98 Å². The molecule has 0 unspecified atom stereocenters. The number of allylic oxidation sites excluding steroid dienone is 1. The number of hydrogen-bond donors (Lipinski definition) is 0. The molecule has 0 bridgehead atoms. The standard InChI is InChI=1S/C19H21N/c1-13(2)19-14(3)11-20-12-18(19)10-15-5-4-6-17(9-15)16-7-8-16/h4-6,9,11-12,16H,1,7-8,10H2,2-3H3. The van der Waals surface area contributed by atoms with Crippen LogP contribution in [-0.2, 0) is 6.42 Å². The number of rotatable bonds is 4. The van der Waals surface area contributed by atoms with Crippen LogP contribution >= 0.6 is 0 Å². The zero-order valence-corrected chi connectivity index (χ0v) is 12.3. The number of aryl methyl sites for hydroxylation is 1. The molecule has 1 aromatic carbocycles. The molecule has 1 aliphatic rings. The highest BCUT2D eigenvalue weighted by atomic mass is 14.6. The molecule has 1 aromatic heterocycles. The topological polar surface area (TPSA) is 12.9 Å². The lowest BCUT2D eigenvalue weighted by molar-refractivity contribution is 1.08. The van der Waals surface area contributed by atoms with Crippen LogP contribution in [0.15, 0.2) is 43.2 Å². The highest BCUT2D eigenvalue weighted by molar-refractivity contribution is 5.67. The van der Waals surface area contributed by atoms with Crippen molar-refractivity contribution in [1.29, 1.82) is 0 Å². The van der Waals surface area contributed by atoms with Crippen molar-refractivity contribution in [1.82, 2.24) is 4.98 Å². The van der Waals surface area contributed by atoms with Crippen molar-refractivity contribution in [3.63, 3.8) is 0 Å². The van der Waals surface area contributed by atoms with Gasteiger partial charge < -0.3 is 0 Å². The van der Waals surface area contributed by atoms with Crippen LogP contribution in [0.25, 0.3) is 5.57 Å². The first-order valence-corrected chi connectivity index (χ1v) is 7.33. The molecule has 0 N–H and O–H groups in total. The summed E-state index contributed by atoms with van der Waals surface area (Å²) in [5, 5.41) is 0. The largest absolute Gasteiger partial charge is 0.264 e. The van der Waals surface area contributed by atoms with Crippen molar-refractivity contribution >= 4 is 5.57 Å². The first-order valence-electron chi connectivity index (χ1n) is 7.33. The predicted molar refractivity (Wildman–Crippen MR) is 84.9 cm³/mol. The van der Waals surface area contributed by atoms with Crippen LogP contribution in [0.3, 0.4) is 0 Å². The monoisotopic (exact) mass is 263 g/mol. The van der Waals surface area contributed by atoms with Gasteiger partial charge in [-0.05, 0) is 66.8 Å². The van der Waals surface area contributed by atoms with E-state index in [1.807, 2.05) is 12.4 Å². The van der Waals surface area contributed by atoms with Crippen LogP contribution in [0.4, 0.5) is 0 Å². The number of benzene rings is 1. The third-order valence-corrected chi connectivity index (χ3v) is 4.04. The summed E-state index contributed by atoms with van der Waals surface area (Å²) in [6.07, 6.45) is 7.56. The Morgan fingerprint density at radius 2 is 2.10 bits per heavy atom. The van der Waals surface area contributed by atoms with E-state index in [9.17, 15) is 0 Å². The lowest BCUT2D eigenvalue weighted by Gasteiger charge is -2.12. The maximum Gasteiger partial charge on any atom is 0.0309 e. The van der Waals surface area contributed by atoms with Gasteiger partial charge in [-0.2, -0.15) is 0 Å². The van der Waals surface area contributed by atoms with Crippen molar-refractivity contribution in [3.8, 4) is 0 Å². The normalized spacial score (nSPS) is 14.3. The lowest BCUT2D eigenvalue weighted by Crippen LogP contribution is -1.98. The zero-order chi connectivity index (χ0) is 14.1. The fourth-order valence-electron chi connectivity index (χ4n) is 2.96. The van der Waals surface area contributed by atoms with E-state index in [1.54, 1.807) is 0 Å². The second kappa shape index (κ2) is 5.24. The quantitative estimate of drug-likeness (QED) is 0.765. The van der Waals surface area contributed by atoms with E-state index in [4.69, 9.17) is 0 Å². The minimum atomic E-state index is 0.811. The Balaban J connectivity index is 1.93. The average Bonchev–Trinajstić information content (AvgIpc) is 3.23. The van der Waals surface area contributed by atoms with Crippen LogP contribution < -0.4 is 0 Å². The van der Waals surface area contributed by atoms with Gasteiger partial charge in [0.2, 0.25) is 0 Å². The Labute approximate surface area is 121 Å². The van der Waals surface area contributed by atoms with Gasteiger partial charge in [0.05, 0.1) is 0 Å². The van der Waals surface area contributed by atoms with Gasteiger partial charge in [-0.15, -0.1) is 0 Å². The Morgan fingerprint density at radius 3 is 2.80 bits per heavy atom. The summed E-state index contributed by atoms with van der Waals surface area (Å²) in [5.74, 6) is 0.811. The van der Waals surface area contributed by atoms with Gasteiger partial charge in [0, 0.05) is 12.4 Å². The summed E-state index contributed by atoms with van der Waals surface area (Å²) in [5.41, 5.74) is 7.78. The number of aromatic nitrogens is 1. The molecule has 0 amide bonds. The fourth-order valence-corrected chi connectivity index (χ4v) is 2.96. The van der Waals surface area contributed by atoms with Crippen LogP contribution in [0, 0.1) is 6.92 Å². The Bertz CT molecular complexity index is 651. The average molecular weight is 263 g/mol. The summed E-state index contributed by atoms with van der Waals surface area (Å²) in [6.45, 7) is 8.30. The molecule has 0 spiro atoms. The number of nitrogens with zero attached hydrogens (tertiary/aromatic N) is 1. The molecule has 0 saturated heterocycles. The molecule has 1 fully saturated rings. The van der Waals surface area contributed by atoms with E-state index < -0.39 is 0 Å². The van der Waals surface area contributed by atoms with Gasteiger partial charge in [-0.25, -0.2) is 0 Å². The van der Waals surface area contributed by atoms with Gasteiger partial charge in [-0.1, -0.05) is 36.4 Å². The van der Waals surface area contributed by atoms with E-state index in [2.05, 4.69) is 49.7 Å². The van der Waals surface area contributed by atoms with Gasteiger partial charge in [-0.3, -0.25) is 4.98 Å². The first-order chi connectivity index (χ1) is 9.65. The summed E-state index contributed by atoms with van der Waals surface area (Å²) in [4.78, 5) is 4.35. The molecular weight excluding hydrogens is 242 g/mol. The highest BCUT2D eigenvalue weighted by Gasteiger charge is 2.23.